The van der Waals surface area contributed by atoms with Gasteiger partial charge in [0, 0.05) is 24.2 Å². The third-order valence-corrected chi connectivity index (χ3v) is 11.5. The van der Waals surface area contributed by atoms with Gasteiger partial charge >= 0.3 is 5.97 Å². The lowest BCUT2D eigenvalue weighted by Crippen LogP contribution is -2.52. The van der Waals surface area contributed by atoms with Gasteiger partial charge in [0.05, 0.1) is 0 Å². The van der Waals surface area contributed by atoms with E-state index in [9.17, 15) is 4.79 Å². The van der Waals surface area contributed by atoms with E-state index < -0.39 is 0 Å². The summed E-state index contributed by atoms with van der Waals surface area (Å²) in [7, 11) is 0. The number of ether oxygens (including phenoxy) is 1. The molecule has 3 nitrogen and oxygen atoms in total. The van der Waals surface area contributed by atoms with E-state index in [1.54, 1.807) is 0 Å². The molecule has 3 heteroatoms. The Morgan fingerprint density at radius 1 is 0.528 bits per heavy atom. The first kappa shape index (κ1) is 26.8. The fourth-order valence-electron chi connectivity index (χ4n) is 9.51. The number of hydrogen-bond acceptors (Lipinski definition) is 3. The molecule has 204 valence electrons. The van der Waals surface area contributed by atoms with E-state index in [1.165, 1.54) is 134 Å². The summed E-state index contributed by atoms with van der Waals surface area (Å²) in [6.45, 7) is 3.55. The molecule has 5 aliphatic carbocycles. The van der Waals surface area contributed by atoms with Gasteiger partial charge in [0.25, 0.3) is 0 Å². The van der Waals surface area contributed by atoms with Crippen molar-refractivity contribution in [3.8, 4) is 0 Å². The molecule has 0 bridgehead atoms. The predicted molar refractivity (Wildman–Crippen MR) is 149 cm³/mol. The normalized spacial score (nSPS) is 37.5. The van der Waals surface area contributed by atoms with Crippen LogP contribution in [0.25, 0.3) is 0 Å². The highest BCUT2D eigenvalue weighted by Gasteiger charge is 2.40. The first-order valence-corrected chi connectivity index (χ1v) is 16.3. The highest BCUT2D eigenvalue weighted by Crippen LogP contribution is 2.44. The molecule has 0 atom stereocenters. The number of esters is 1. The summed E-state index contributed by atoms with van der Waals surface area (Å²) in [6, 6.07) is 2.61. The third-order valence-electron chi connectivity index (χ3n) is 11.5. The van der Waals surface area contributed by atoms with Gasteiger partial charge in [-0.25, -0.2) is 4.79 Å². The van der Waals surface area contributed by atoms with E-state index in [1.807, 2.05) is 0 Å². The second kappa shape index (κ2) is 13.3. The fraction of sp³-hybridized carbons (Fsp3) is 0.909. The number of carbonyl (C=O) groups excluding carboxylic acids is 1. The van der Waals surface area contributed by atoms with Crippen LogP contribution in [-0.2, 0) is 9.53 Å². The van der Waals surface area contributed by atoms with Gasteiger partial charge in [-0.2, -0.15) is 0 Å². The monoisotopic (exact) mass is 497 g/mol. The summed E-state index contributed by atoms with van der Waals surface area (Å²) in [6.07, 6.45) is 32.7. The quantitative estimate of drug-likeness (QED) is 0.260. The maximum absolute atomic E-state index is 11.6. The molecule has 0 aromatic rings. The molecule has 5 rings (SSSR count). The van der Waals surface area contributed by atoms with Crippen LogP contribution in [0.4, 0.5) is 0 Å². The molecule has 5 aliphatic rings. The van der Waals surface area contributed by atoms with Crippen LogP contribution < -0.4 is 0 Å². The summed E-state index contributed by atoms with van der Waals surface area (Å²) in [5.74, 6) is 3.64. The number of carbonyl (C=O) groups is 1. The van der Waals surface area contributed by atoms with Crippen molar-refractivity contribution in [1.82, 2.24) is 4.90 Å². The van der Waals surface area contributed by atoms with Crippen molar-refractivity contribution in [3.05, 3.63) is 12.7 Å². The van der Waals surface area contributed by atoms with Crippen LogP contribution in [0.3, 0.4) is 0 Å². The summed E-state index contributed by atoms with van der Waals surface area (Å²) < 4.78 is 5.54. The Bertz CT molecular complexity index is 670. The van der Waals surface area contributed by atoms with Crippen LogP contribution in [0.5, 0.6) is 0 Å². The number of hydrogen-bond donors (Lipinski definition) is 0. The van der Waals surface area contributed by atoms with Crippen LogP contribution in [0.15, 0.2) is 12.7 Å². The Balaban J connectivity index is 1.13. The van der Waals surface area contributed by atoms with E-state index in [4.69, 9.17) is 4.74 Å². The number of nitrogens with zero attached hydrogens (tertiary/aromatic N) is 1. The van der Waals surface area contributed by atoms with E-state index in [2.05, 4.69) is 11.5 Å². The lowest BCUT2D eigenvalue weighted by atomic mass is 9.70. The van der Waals surface area contributed by atoms with Crippen molar-refractivity contribution < 1.29 is 9.53 Å². The van der Waals surface area contributed by atoms with Crippen LogP contribution >= 0.6 is 0 Å². The molecule has 0 amide bonds. The van der Waals surface area contributed by atoms with Crippen molar-refractivity contribution in [2.75, 3.05) is 0 Å². The molecule has 5 fully saturated rings. The largest absolute Gasteiger partial charge is 0.459 e. The van der Waals surface area contributed by atoms with Gasteiger partial charge in [0.2, 0.25) is 0 Å². The summed E-state index contributed by atoms with van der Waals surface area (Å²) in [5.41, 5.74) is 0. The second-order valence-electron chi connectivity index (χ2n) is 13.5. The summed E-state index contributed by atoms with van der Waals surface area (Å²) in [4.78, 5) is 14.7. The fourth-order valence-corrected chi connectivity index (χ4v) is 9.51. The van der Waals surface area contributed by atoms with Crippen molar-refractivity contribution in [3.63, 3.8) is 0 Å². The Morgan fingerprint density at radius 2 is 0.917 bits per heavy atom. The van der Waals surface area contributed by atoms with Crippen molar-refractivity contribution in [2.24, 2.45) is 23.7 Å². The molecule has 0 aromatic heterocycles. The van der Waals surface area contributed by atoms with Crippen LogP contribution in [0, 0.1) is 23.7 Å². The van der Waals surface area contributed by atoms with Gasteiger partial charge < -0.3 is 4.74 Å². The zero-order chi connectivity index (χ0) is 24.7. The van der Waals surface area contributed by atoms with E-state index >= 15 is 0 Å². The smallest absolute Gasteiger partial charge is 0.330 e. The molecule has 0 spiro atoms. The van der Waals surface area contributed by atoms with Crippen molar-refractivity contribution >= 4 is 5.97 Å². The minimum atomic E-state index is -0.241. The average molecular weight is 498 g/mol. The molecule has 0 unspecified atom stereocenters. The maximum Gasteiger partial charge on any atom is 0.330 e. The molecule has 0 radical (unpaired) electrons. The van der Waals surface area contributed by atoms with E-state index in [0.717, 1.165) is 54.6 Å². The summed E-state index contributed by atoms with van der Waals surface area (Å²) in [5, 5.41) is 0. The van der Waals surface area contributed by atoms with E-state index in [0.29, 0.717) is 0 Å². The first-order chi connectivity index (χ1) is 17.7. The van der Waals surface area contributed by atoms with Gasteiger partial charge in [-0.3, -0.25) is 4.90 Å². The maximum atomic E-state index is 11.6. The van der Waals surface area contributed by atoms with Gasteiger partial charge in [-0.1, -0.05) is 57.9 Å². The SMILES string of the molecule is C=CC(=O)OC1CCC(C2CCC(N(C3CCCCC3)C3CCC(C4CCCCC4)CC3)CC2)CC1. The Labute approximate surface area is 222 Å². The average Bonchev–Trinajstić information content (AvgIpc) is 2.95. The molecule has 0 aliphatic heterocycles. The zero-order valence-corrected chi connectivity index (χ0v) is 23.2. The molecular weight excluding hydrogens is 442 g/mol. The molecule has 0 aromatic carbocycles. The minimum absolute atomic E-state index is 0.133. The standard InChI is InChI=1S/C33H55NO2/c1-2-33(35)36-32-23-17-28(18-24-32)27-15-21-31(22-16-27)34(29-11-7-4-8-12-29)30-19-13-26(14-20-30)25-9-5-3-6-10-25/h2,25-32H,1,3-24H2. The summed E-state index contributed by atoms with van der Waals surface area (Å²) >= 11 is 0. The van der Waals surface area contributed by atoms with Gasteiger partial charge in [-0.15, -0.1) is 0 Å². The highest BCUT2D eigenvalue weighted by atomic mass is 16.5. The molecule has 0 N–H and O–H groups in total. The third kappa shape index (κ3) is 6.78. The molecule has 0 heterocycles. The van der Waals surface area contributed by atoms with Crippen molar-refractivity contribution in [1.29, 1.82) is 0 Å². The lowest BCUT2D eigenvalue weighted by Gasteiger charge is -2.50. The minimum Gasteiger partial charge on any atom is -0.459 e. The first-order valence-electron chi connectivity index (χ1n) is 16.3. The Hall–Kier alpha value is -0.830. The van der Waals surface area contributed by atoms with Gasteiger partial charge in [0.1, 0.15) is 6.10 Å². The second-order valence-corrected chi connectivity index (χ2v) is 13.5. The topological polar surface area (TPSA) is 29.5 Å². The van der Waals surface area contributed by atoms with Crippen molar-refractivity contribution in [2.45, 2.75) is 165 Å². The van der Waals surface area contributed by atoms with E-state index in [-0.39, 0.29) is 12.1 Å². The van der Waals surface area contributed by atoms with Crippen LogP contribution in [0.2, 0.25) is 0 Å². The van der Waals surface area contributed by atoms with Gasteiger partial charge in [0.15, 0.2) is 0 Å². The molecule has 36 heavy (non-hydrogen) atoms. The number of rotatable bonds is 7. The Kier molecular flexibility index (Phi) is 9.89. The Morgan fingerprint density at radius 3 is 1.39 bits per heavy atom. The zero-order valence-electron chi connectivity index (χ0n) is 23.2. The van der Waals surface area contributed by atoms with Crippen LogP contribution in [0.1, 0.15) is 141 Å². The van der Waals surface area contributed by atoms with Crippen LogP contribution in [-0.4, -0.2) is 35.1 Å². The highest BCUT2D eigenvalue weighted by molar-refractivity contribution is 5.81. The predicted octanol–water partition coefficient (Wildman–Crippen LogP) is 8.61. The molecular formula is C33H55NO2. The molecule has 5 saturated carbocycles. The molecule has 0 saturated heterocycles. The lowest BCUT2D eigenvalue weighted by molar-refractivity contribution is -0.145. The van der Waals surface area contributed by atoms with Gasteiger partial charge in [-0.05, 0) is 114 Å².